The molecule has 0 saturated heterocycles. The molecular formula is C18H18N4O2S. The van der Waals surface area contributed by atoms with Gasteiger partial charge in [-0.1, -0.05) is 30.3 Å². The van der Waals surface area contributed by atoms with Crippen LogP contribution in [0, 0.1) is 0 Å². The van der Waals surface area contributed by atoms with Crippen LogP contribution in [-0.2, 0) is 4.79 Å². The minimum atomic E-state index is -0.696. The molecule has 0 saturated carbocycles. The Kier molecular flexibility index (Phi) is 5.04. The maximum Gasteiger partial charge on any atom is 0.273 e. The van der Waals surface area contributed by atoms with E-state index in [9.17, 15) is 9.59 Å². The van der Waals surface area contributed by atoms with Gasteiger partial charge in [0.15, 0.2) is 5.69 Å². The number of aromatic nitrogens is 2. The summed E-state index contributed by atoms with van der Waals surface area (Å²) in [6, 6.07) is 14.2. The highest BCUT2D eigenvalue weighted by Crippen LogP contribution is 2.24. The van der Waals surface area contributed by atoms with Crippen molar-refractivity contribution in [2.24, 2.45) is 0 Å². The summed E-state index contributed by atoms with van der Waals surface area (Å²) in [5.74, 6) is -0.673. The van der Waals surface area contributed by atoms with E-state index in [0.29, 0.717) is 0 Å². The first kappa shape index (κ1) is 17.0. The summed E-state index contributed by atoms with van der Waals surface area (Å²) in [6.45, 7) is 1.64. The van der Waals surface area contributed by atoms with Crippen molar-refractivity contribution in [3.63, 3.8) is 0 Å². The normalized spacial score (nSPS) is 11.9. The van der Waals surface area contributed by atoms with Crippen molar-refractivity contribution in [3.8, 4) is 0 Å². The number of benzene rings is 2. The van der Waals surface area contributed by atoms with Crippen LogP contribution in [0.4, 0.5) is 5.69 Å². The number of hydrogen-bond acceptors (Lipinski definition) is 4. The monoisotopic (exact) mass is 354 g/mol. The van der Waals surface area contributed by atoms with Gasteiger partial charge in [-0.2, -0.15) is 5.10 Å². The van der Waals surface area contributed by atoms with Gasteiger partial charge in [-0.05, 0) is 31.4 Å². The van der Waals surface area contributed by atoms with Gasteiger partial charge in [0.1, 0.15) is 6.04 Å². The molecule has 0 fully saturated rings. The number of rotatable bonds is 5. The predicted octanol–water partition coefficient (Wildman–Crippen LogP) is 3.04. The molecule has 0 spiro atoms. The molecule has 0 aliphatic rings. The number of thioether (sulfide) groups is 1. The lowest BCUT2D eigenvalue weighted by Gasteiger charge is -2.15. The summed E-state index contributed by atoms with van der Waals surface area (Å²) in [5.41, 5.74) is 1.78. The zero-order valence-corrected chi connectivity index (χ0v) is 14.7. The highest BCUT2D eigenvalue weighted by atomic mass is 32.2. The summed E-state index contributed by atoms with van der Waals surface area (Å²) in [7, 11) is 0. The summed E-state index contributed by atoms with van der Waals surface area (Å²) in [6.07, 6.45) is 1.94. The van der Waals surface area contributed by atoms with Crippen molar-refractivity contribution in [2.75, 3.05) is 11.6 Å². The molecule has 7 heteroatoms. The van der Waals surface area contributed by atoms with Crippen LogP contribution in [0.1, 0.15) is 17.4 Å². The molecule has 25 heavy (non-hydrogen) atoms. The number of amides is 2. The number of anilines is 1. The van der Waals surface area contributed by atoms with Crippen molar-refractivity contribution >= 4 is 40.2 Å². The summed E-state index contributed by atoms with van der Waals surface area (Å²) >= 11 is 1.55. The van der Waals surface area contributed by atoms with Crippen LogP contribution in [0.5, 0.6) is 0 Å². The molecule has 1 unspecified atom stereocenters. The molecule has 3 rings (SSSR count). The largest absolute Gasteiger partial charge is 0.339 e. The molecule has 2 amide bonds. The van der Waals surface area contributed by atoms with Crippen LogP contribution >= 0.6 is 11.8 Å². The van der Waals surface area contributed by atoms with Gasteiger partial charge in [-0.25, -0.2) is 0 Å². The van der Waals surface area contributed by atoms with Gasteiger partial charge in [0.2, 0.25) is 5.91 Å². The molecule has 128 valence electrons. The van der Waals surface area contributed by atoms with Gasteiger partial charge in [-0.15, -0.1) is 11.8 Å². The minimum absolute atomic E-state index is 0.278. The van der Waals surface area contributed by atoms with E-state index in [2.05, 4.69) is 20.8 Å². The Labute approximate surface area is 149 Å². The van der Waals surface area contributed by atoms with E-state index in [-0.39, 0.29) is 11.6 Å². The highest BCUT2D eigenvalue weighted by molar-refractivity contribution is 7.98. The number of hydrogen-bond donors (Lipinski definition) is 3. The molecule has 1 aromatic heterocycles. The van der Waals surface area contributed by atoms with Gasteiger partial charge < -0.3 is 10.6 Å². The SMILES string of the molecule is CSc1ccccc1NC(=O)C(C)NC(=O)c1n[nH]c2ccccc12. The molecule has 1 heterocycles. The Morgan fingerprint density at radius 2 is 1.84 bits per heavy atom. The van der Waals surface area contributed by atoms with Crippen molar-refractivity contribution in [1.82, 2.24) is 15.5 Å². The number of fused-ring (bicyclic) bond motifs is 1. The highest BCUT2D eigenvalue weighted by Gasteiger charge is 2.20. The third-order valence-electron chi connectivity index (χ3n) is 3.79. The lowest BCUT2D eigenvalue weighted by molar-refractivity contribution is -0.117. The number of nitrogens with zero attached hydrogens (tertiary/aromatic N) is 1. The third kappa shape index (κ3) is 3.66. The number of H-pyrrole nitrogens is 1. The van der Waals surface area contributed by atoms with E-state index < -0.39 is 11.9 Å². The zero-order valence-electron chi connectivity index (χ0n) is 13.9. The van der Waals surface area contributed by atoms with Crippen LogP contribution < -0.4 is 10.6 Å². The molecule has 2 aromatic carbocycles. The first-order valence-electron chi connectivity index (χ1n) is 7.78. The molecule has 0 aliphatic carbocycles. The van der Waals surface area contributed by atoms with Crippen LogP contribution in [0.25, 0.3) is 10.9 Å². The van der Waals surface area contributed by atoms with Crippen molar-refractivity contribution in [3.05, 3.63) is 54.2 Å². The Morgan fingerprint density at radius 1 is 1.12 bits per heavy atom. The molecule has 3 aromatic rings. The molecule has 0 aliphatic heterocycles. The van der Waals surface area contributed by atoms with Crippen molar-refractivity contribution < 1.29 is 9.59 Å². The fourth-order valence-electron chi connectivity index (χ4n) is 2.46. The van der Waals surface area contributed by atoms with E-state index in [0.717, 1.165) is 21.5 Å². The van der Waals surface area contributed by atoms with Crippen molar-refractivity contribution in [2.45, 2.75) is 17.9 Å². The molecule has 0 radical (unpaired) electrons. The van der Waals surface area contributed by atoms with E-state index in [1.165, 1.54) is 0 Å². The maximum atomic E-state index is 12.4. The topological polar surface area (TPSA) is 86.9 Å². The smallest absolute Gasteiger partial charge is 0.273 e. The quantitative estimate of drug-likeness (QED) is 0.615. The van der Waals surface area contributed by atoms with Gasteiger partial charge >= 0.3 is 0 Å². The Bertz CT molecular complexity index is 922. The minimum Gasteiger partial charge on any atom is -0.339 e. The number of para-hydroxylation sites is 2. The van der Waals surface area contributed by atoms with Gasteiger partial charge in [0.25, 0.3) is 5.91 Å². The average Bonchev–Trinajstić information content (AvgIpc) is 3.06. The predicted molar refractivity (Wildman–Crippen MR) is 99.9 cm³/mol. The number of aromatic amines is 1. The fourth-order valence-corrected chi connectivity index (χ4v) is 3.01. The van der Waals surface area contributed by atoms with Crippen molar-refractivity contribution in [1.29, 1.82) is 0 Å². The molecule has 0 bridgehead atoms. The number of carbonyl (C=O) groups is 2. The average molecular weight is 354 g/mol. The van der Waals surface area contributed by atoms with E-state index in [4.69, 9.17) is 0 Å². The molecule has 6 nitrogen and oxygen atoms in total. The molecule has 1 atom stereocenters. The number of carbonyl (C=O) groups excluding carboxylic acids is 2. The first-order valence-corrected chi connectivity index (χ1v) is 9.00. The Hall–Kier alpha value is -2.80. The molecular weight excluding hydrogens is 336 g/mol. The number of nitrogens with one attached hydrogen (secondary N) is 3. The van der Waals surface area contributed by atoms with Gasteiger partial charge in [0, 0.05) is 10.3 Å². The first-order chi connectivity index (χ1) is 12.1. The fraction of sp³-hybridized carbons (Fsp3) is 0.167. The summed E-state index contributed by atoms with van der Waals surface area (Å²) in [4.78, 5) is 25.8. The zero-order chi connectivity index (χ0) is 17.8. The van der Waals surface area contributed by atoms with Gasteiger partial charge in [0.05, 0.1) is 11.2 Å². The molecule has 3 N–H and O–H groups in total. The second kappa shape index (κ2) is 7.40. The lowest BCUT2D eigenvalue weighted by Crippen LogP contribution is -2.41. The third-order valence-corrected chi connectivity index (χ3v) is 4.59. The van der Waals surface area contributed by atoms with Gasteiger partial charge in [-0.3, -0.25) is 14.7 Å². The van der Waals surface area contributed by atoms with Crippen LogP contribution in [-0.4, -0.2) is 34.3 Å². The van der Waals surface area contributed by atoms with E-state index in [1.54, 1.807) is 18.7 Å². The van der Waals surface area contributed by atoms with Crippen LogP contribution in [0.15, 0.2) is 53.4 Å². The second-order valence-corrected chi connectivity index (χ2v) is 6.35. The summed E-state index contributed by atoms with van der Waals surface area (Å²) in [5, 5.41) is 13.1. The maximum absolute atomic E-state index is 12.4. The second-order valence-electron chi connectivity index (χ2n) is 5.50. The van der Waals surface area contributed by atoms with Crippen LogP contribution in [0.3, 0.4) is 0 Å². The van der Waals surface area contributed by atoms with Crippen LogP contribution in [0.2, 0.25) is 0 Å². The summed E-state index contributed by atoms with van der Waals surface area (Å²) < 4.78 is 0. The lowest BCUT2D eigenvalue weighted by atomic mass is 10.2. The van der Waals surface area contributed by atoms with E-state index in [1.807, 2.05) is 54.8 Å². The Morgan fingerprint density at radius 3 is 2.64 bits per heavy atom. The van der Waals surface area contributed by atoms with E-state index >= 15 is 0 Å². The Balaban J connectivity index is 1.70. The standard InChI is InChI=1S/C18H18N4O2S/c1-11(17(23)20-14-9-5-6-10-15(14)25-2)19-18(24)16-12-7-3-4-8-13(12)21-22-16/h3-11H,1-2H3,(H,19,24)(H,20,23)(H,21,22).